The van der Waals surface area contributed by atoms with Crippen LogP contribution in [0.2, 0.25) is 0 Å². The maximum atomic E-state index is 12.1. The maximum Gasteiger partial charge on any atom is 0.239 e. The van der Waals surface area contributed by atoms with Gasteiger partial charge in [-0.05, 0) is 45.7 Å². The number of hydrogen-bond donors (Lipinski definition) is 2. The van der Waals surface area contributed by atoms with E-state index in [-0.39, 0.29) is 11.9 Å². The van der Waals surface area contributed by atoms with Gasteiger partial charge in [0.15, 0.2) is 0 Å². The topological polar surface area (TPSA) is 41.1 Å². The van der Waals surface area contributed by atoms with Crippen molar-refractivity contribution in [1.29, 1.82) is 0 Å². The molecule has 1 amide bonds. The fourth-order valence-electron chi connectivity index (χ4n) is 2.03. The first-order valence-electron chi connectivity index (χ1n) is 7.05. The molecule has 3 heteroatoms. The molecular weight excluding hydrogens is 236 g/mol. The van der Waals surface area contributed by atoms with Gasteiger partial charge in [0.1, 0.15) is 0 Å². The molecule has 106 valence electrons. The van der Waals surface area contributed by atoms with Gasteiger partial charge >= 0.3 is 0 Å². The van der Waals surface area contributed by atoms with Crippen molar-refractivity contribution in [3.05, 3.63) is 35.9 Å². The zero-order valence-corrected chi connectivity index (χ0v) is 12.5. The lowest BCUT2D eigenvalue weighted by Crippen LogP contribution is -2.54. The van der Waals surface area contributed by atoms with E-state index in [9.17, 15) is 4.79 Å². The molecule has 2 N–H and O–H groups in total. The second-order valence-corrected chi connectivity index (χ2v) is 5.55. The largest absolute Gasteiger partial charge is 0.352 e. The lowest BCUT2D eigenvalue weighted by molar-refractivity contribution is -0.127. The van der Waals surface area contributed by atoms with Gasteiger partial charge in [-0.15, -0.1) is 0 Å². The summed E-state index contributed by atoms with van der Waals surface area (Å²) in [7, 11) is 0. The average Bonchev–Trinajstić information content (AvgIpc) is 2.37. The van der Waals surface area contributed by atoms with Crippen molar-refractivity contribution in [2.45, 2.75) is 52.1 Å². The van der Waals surface area contributed by atoms with E-state index in [1.54, 1.807) is 0 Å². The summed E-state index contributed by atoms with van der Waals surface area (Å²) in [5.41, 5.74) is 0.810. The van der Waals surface area contributed by atoms with Gasteiger partial charge in [-0.25, -0.2) is 0 Å². The molecular formula is C16H26N2O. The van der Waals surface area contributed by atoms with Crippen LogP contribution < -0.4 is 10.6 Å². The number of nitrogens with one attached hydrogen (secondary N) is 2. The molecule has 1 unspecified atom stereocenters. The Labute approximate surface area is 116 Å². The third-order valence-corrected chi connectivity index (χ3v) is 3.27. The number of hydrogen-bond acceptors (Lipinski definition) is 2. The molecule has 19 heavy (non-hydrogen) atoms. The number of aryl methyl sites for hydroxylation is 1. The first-order chi connectivity index (χ1) is 8.95. The third-order valence-electron chi connectivity index (χ3n) is 3.27. The highest BCUT2D eigenvalue weighted by Crippen LogP contribution is 2.07. The molecule has 0 fully saturated rings. The van der Waals surface area contributed by atoms with Crippen LogP contribution in [-0.2, 0) is 11.2 Å². The predicted molar refractivity (Wildman–Crippen MR) is 80.1 cm³/mol. The molecule has 3 nitrogen and oxygen atoms in total. The predicted octanol–water partition coefficient (Wildman–Crippen LogP) is 2.51. The van der Waals surface area contributed by atoms with Crippen molar-refractivity contribution < 1.29 is 4.79 Å². The first-order valence-corrected chi connectivity index (χ1v) is 7.05. The van der Waals surface area contributed by atoms with Gasteiger partial charge in [0.05, 0.1) is 5.54 Å². The molecule has 1 atom stereocenters. The van der Waals surface area contributed by atoms with Gasteiger partial charge in [0, 0.05) is 6.04 Å². The van der Waals surface area contributed by atoms with Gasteiger partial charge in [-0.2, -0.15) is 0 Å². The van der Waals surface area contributed by atoms with E-state index < -0.39 is 5.54 Å². The van der Waals surface area contributed by atoms with E-state index in [1.165, 1.54) is 5.56 Å². The SMILES string of the molecule is CCNC(C)(C)C(=O)NC(C)CCc1ccccc1. The van der Waals surface area contributed by atoms with Crippen LogP contribution in [0.4, 0.5) is 0 Å². The minimum atomic E-state index is -0.504. The van der Waals surface area contributed by atoms with Crippen LogP contribution in [0.5, 0.6) is 0 Å². The van der Waals surface area contributed by atoms with Crippen LogP contribution in [0.25, 0.3) is 0 Å². The van der Waals surface area contributed by atoms with E-state index in [1.807, 2.05) is 39.0 Å². The van der Waals surface area contributed by atoms with Crippen LogP contribution >= 0.6 is 0 Å². The number of likely N-dealkylation sites (N-methyl/N-ethyl adjacent to an activating group) is 1. The molecule has 0 spiro atoms. The highest BCUT2D eigenvalue weighted by molar-refractivity contribution is 5.85. The summed E-state index contributed by atoms with van der Waals surface area (Å²) >= 11 is 0. The Morgan fingerprint density at radius 3 is 2.47 bits per heavy atom. The molecule has 0 aliphatic heterocycles. The van der Waals surface area contributed by atoms with Crippen LogP contribution in [0.1, 0.15) is 39.7 Å². The molecule has 0 heterocycles. The third kappa shape index (κ3) is 5.43. The van der Waals surface area contributed by atoms with E-state index in [0.717, 1.165) is 19.4 Å². The zero-order valence-electron chi connectivity index (χ0n) is 12.5. The Bertz CT molecular complexity index is 387. The Balaban J connectivity index is 2.39. The van der Waals surface area contributed by atoms with Crippen LogP contribution in [-0.4, -0.2) is 24.0 Å². The molecule has 0 aliphatic rings. The Morgan fingerprint density at radius 2 is 1.89 bits per heavy atom. The second-order valence-electron chi connectivity index (χ2n) is 5.55. The molecule has 0 aromatic heterocycles. The molecule has 0 aliphatic carbocycles. The van der Waals surface area contributed by atoms with E-state index in [2.05, 4.69) is 29.7 Å². The fourth-order valence-corrected chi connectivity index (χ4v) is 2.03. The molecule has 1 rings (SSSR count). The number of carbonyl (C=O) groups is 1. The molecule has 1 aromatic rings. The number of amides is 1. The van der Waals surface area contributed by atoms with Crippen molar-refractivity contribution in [3.63, 3.8) is 0 Å². The van der Waals surface area contributed by atoms with Gasteiger partial charge in [0.25, 0.3) is 0 Å². The minimum Gasteiger partial charge on any atom is -0.352 e. The van der Waals surface area contributed by atoms with Crippen molar-refractivity contribution in [2.24, 2.45) is 0 Å². The maximum absolute atomic E-state index is 12.1. The van der Waals surface area contributed by atoms with E-state index in [0.29, 0.717) is 0 Å². The smallest absolute Gasteiger partial charge is 0.239 e. The molecule has 0 saturated heterocycles. The number of rotatable bonds is 7. The Hall–Kier alpha value is -1.35. The van der Waals surface area contributed by atoms with Crippen LogP contribution in [0.3, 0.4) is 0 Å². The monoisotopic (exact) mass is 262 g/mol. The van der Waals surface area contributed by atoms with Gasteiger partial charge in [-0.1, -0.05) is 37.3 Å². The summed E-state index contributed by atoms with van der Waals surface area (Å²) in [5, 5.41) is 6.26. The standard InChI is InChI=1S/C16H26N2O/c1-5-17-16(3,4)15(19)18-13(2)11-12-14-9-7-6-8-10-14/h6-10,13,17H,5,11-12H2,1-4H3,(H,18,19). The lowest BCUT2D eigenvalue weighted by atomic mass is 10.0. The van der Waals surface area contributed by atoms with Crippen LogP contribution in [0.15, 0.2) is 30.3 Å². The van der Waals surface area contributed by atoms with Gasteiger partial charge in [-0.3, -0.25) is 4.79 Å². The second kappa shape index (κ2) is 7.29. The highest BCUT2D eigenvalue weighted by atomic mass is 16.2. The van der Waals surface area contributed by atoms with Crippen LogP contribution in [0, 0.1) is 0 Å². The summed E-state index contributed by atoms with van der Waals surface area (Å²) in [5.74, 6) is 0.0647. The van der Waals surface area contributed by atoms with Gasteiger partial charge < -0.3 is 10.6 Å². The fraction of sp³-hybridized carbons (Fsp3) is 0.562. The normalized spacial score (nSPS) is 13.1. The summed E-state index contributed by atoms with van der Waals surface area (Å²) in [6, 6.07) is 10.5. The molecule has 0 bridgehead atoms. The molecule has 0 saturated carbocycles. The van der Waals surface area contributed by atoms with Crippen molar-refractivity contribution >= 4 is 5.91 Å². The molecule has 0 radical (unpaired) electrons. The van der Waals surface area contributed by atoms with Crippen molar-refractivity contribution in [3.8, 4) is 0 Å². The van der Waals surface area contributed by atoms with E-state index in [4.69, 9.17) is 0 Å². The summed E-state index contributed by atoms with van der Waals surface area (Å²) < 4.78 is 0. The summed E-state index contributed by atoms with van der Waals surface area (Å²) in [4.78, 5) is 12.1. The lowest BCUT2D eigenvalue weighted by Gasteiger charge is -2.26. The number of benzene rings is 1. The van der Waals surface area contributed by atoms with Crippen molar-refractivity contribution in [2.75, 3.05) is 6.54 Å². The van der Waals surface area contributed by atoms with E-state index >= 15 is 0 Å². The minimum absolute atomic E-state index is 0.0647. The van der Waals surface area contributed by atoms with Gasteiger partial charge in [0.2, 0.25) is 5.91 Å². The molecule has 1 aromatic carbocycles. The Kier molecular flexibility index (Phi) is 6.03. The summed E-state index contributed by atoms with van der Waals surface area (Å²) in [6.07, 6.45) is 1.95. The highest BCUT2D eigenvalue weighted by Gasteiger charge is 2.26. The van der Waals surface area contributed by atoms with Crippen molar-refractivity contribution in [1.82, 2.24) is 10.6 Å². The number of carbonyl (C=O) groups excluding carboxylic acids is 1. The summed E-state index contributed by atoms with van der Waals surface area (Å²) in [6.45, 7) is 8.68. The first kappa shape index (κ1) is 15.7. The zero-order chi connectivity index (χ0) is 14.3. The Morgan fingerprint density at radius 1 is 1.26 bits per heavy atom. The quantitative estimate of drug-likeness (QED) is 0.793. The average molecular weight is 262 g/mol.